The van der Waals surface area contributed by atoms with Crippen LogP contribution >= 0.6 is 0 Å². The van der Waals surface area contributed by atoms with Crippen molar-refractivity contribution in [2.24, 2.45) is 0 Å². The van der Waals surface area contributed by atoms with Crippen LogP contribution in [0.15, 0.2) is 24.3 Å². The number of fused-ring (bicyclic) bond motifs is 2. The molecule has 0 N–H and O–H groups in total. The number of likely N-dealkylation sites (tertiary alicyclic amines) is 1. The average Bonchev–Trinajstić information content (AvgIpc) is 3.06. The predicted molar refractivity (Wildman–Crippen MR) is 105 cm³/mol. The lowest BCUT2D eigenvalue weighted by Crippen LogP contribution is -2.41. The van der Waals surface area contributed by atoms with Gasteiger partial charge in [0.1, 0.15) is 5.75 Å². The van der Waals surface area contributed by atoms with Gasteiger partial charge in [0.15, 0.2) is 0 Å². The van der Waals surface area contributed by atoms with Crippen LogP contribution < -0.4 is 9.64 Å². The first-order valence-electron chi connectivity index (χ1n) is 9.49. The zero-order valence-corrected chi connectivity index (χ0v) is 16.7. The summed E-state index contributed by atoms with van der Waals surface area (Å²) in [6.07, 6.45) is 1.07. The van der Waals surface area contributed by atoms with Gasteiger partial charge in [-0.25, -0.2) is 9.97 Å². The highest BCUT2D eigenvalue weighted by molar-refractivity contribution is 5.41. The van der Waals surface area contributed by atoms with Gasteiger partial charge in [-0.15, -0.1) is 0 Å². The maximum absolute atomic E-state index is 6.01. The molecule has 0 bridgehead atoms. The summed E-state index contributed by atoms with van der Waals surface area (Å²) in [4.78, 5) is 14.1. The zero-order chi connectivity index (χ0) is 19.0. The predicted octanol–water partition coefficient (Wildman–Crippen LogP) is 2.53. The van der Waals surface area contributed by atoms with Crippen LogP contribution in [-0.4, -0.2) is 55.8 Å². The Hall–Kier alpha value is -2.18. The highest BCUT2D eigenvalue weighted by Gasteiger charge is 2.45. The van der Waals surface area contributed by atoms with Crippen molar-refractivity contribution in [2.75, 3.05) is 45.8 Å². The van der Waals surface area contributed by atoms with E-state index in [-0.39, 0.29) is 5.41 Å². The minimum absolute atomic E-state index is 0.0293. The van der Waals surface area contributed by atoms with Gasteiger partial charge >= 0.3 is 0 Å². The van der Waals surface area contributed by atoms with E-state index in [2.05, 4.69) is 28.9 Å². The van der Waals surface area contributed by atoms with E-state index in [0.717, 1.165) is 50.1 Å². The number of ether oxygens (including phenoxy) is 2. The monoisotopic (exact) mass is 368 g/mol. The first-order valence-corrected chi connectivity index (χ1v) is 9.49. The molecule has 1 aromatic carbocycles. The highest BCUT2D eigenvalue weighted by Crippen LogP contribution is 2.40. The van der Waals surface area contributed by atoms with Crippen molar-refractivity contribution in [3.05, 3.63) is 46.8 Å². The number of rotatable bonds is 4. The summed E-state index contributed by atoms with van der Waals surface area (Å²) in [5, 5.41) is 0. The fraction of sp³-hybridized carbons (Fsp3) is 0.524. The number of aromatic nitrogens is 2. The molecule has 1 saturated heterocycles. The molecule has 2 aromatic rings. The molecule has 6 heteroatoms. The molecule has 144 valence electrons. The molecule has 1 fully saturated rings. The number of anilines is 1. The average molecular weight is 368 g/mol. The molecule has 2 aliphatic heterocycles. The number of benzene rings is 1. The van der Waals surface area contributed by atoms with Crippen LogP contribution in [0.3, 0.4) is 0 Å². The van der Waals surface area contributed by atoms with E-state index in [9.17, 15) is 0 Å². The van der Waals surface area contributed by atoms with Gasteiger partial charge in [-0.05, 0) is 37.6 Å². The van der Waals surface area contributed by atoms with Crippen LogP contribution in [-0.2, 0) is 23.3 Å². The summed E-state index contributed by atoms with van der Waals surface area (Å²) in [7, 11) is 5.70. The summed E-state index contributed by atoms with van der Waals surface area (Å²) in [6.45, 7) is 6.38. The van der Waals surface area contributed by atoms with Gasteiger partial charge in [-0.3, -0.25) is 4.90 Å². The van der Waals surface area contributed by atoms with Crippen molar-refractivity contribution >= 4 is 5.95 Å². The van der Waals surface area contributed by atoms with Crippen molar-refractivity contribution in [3.8, 4) is 5.75 Å². The summed E-state index contributed by atoms with van der Waals surface area (Å²) in [5.41, 5.74) is 4.69. The molecular weight excluding hydrogens is 340 g/mol. The first kappa shape index (κ1) is 18.2. The SMILES string of the molecule is COc1ccc(CN2CC[C@]3(COCc4c(C)nc(N(C)C)nc43)C2)cc1. The maximum atomic E-state index is 6.01. The second kappa shape index (κ2) is 7.09. The molecule has 3 heterocycles. The third-order valence-corrected chi connectivity index (χ3v) is 5.73. The lowest BCUT2D eigenvalue weighted by atomic mass is 9.80. The van der Waals surface area contributed by atoms with E-state index in [1.165, 1.54) is 16.8 Å². The van der Waals surface area contributed by atoms with Crippen molar-refractivity contribution in [1.29, 1.82) is 0 Å². The first-order chi connectivity index (χ1) is 13.0. The van der Waals surface area contributed by atoms with Crippen molar-refractivity contribution in [1.82, 2.24) is 14.9 Å². The molecule has 0 aliphatic carbocycles. The van der Waals surface area contributed by atoms with Gasteiger partial charge in [0, 0.05) is 38.4 Å². The third-order valence-electron chi connectivity index (χ3n) is 5.73. The van der Waals surface area contributed by atoms with Gasteiger partial charge in [-0.1, -0.05) is 12.1 Å². The van der Waals surface area contributed by atoms with Gasteiger partial charge < -0.3 is 14.4 Å². The Bertz CT molecular complexity index is 822. The molecule has 4 rings (SSSR count). The Kier molecular flexibility index (Phi) is 4.78. The molecule has 27 heavy (non-hydrogen) atoms. The Labute approximate surface area is 161 Å². The molecule has 1 aromatic heterocycles. The number of methoxy groups -OCH3 is 1. The standard InChI is InChI=1S/C21H28N4O2/c1-15-18-12-27-14-21(19(18)23-20(22-15)24(2)3)9-10-25(13-21)11-16-5-7-17(26-4)8-6-16/h5-8H,9-14H2,1-4H3/t21-/m1/s1. The van der Waals surface area contributed by atoms with Crippen molar-refractivity contribution in [3.63, 3.8) is 0 Å². The molecular formula is C21H28N4O2. The third kappa shape index (κ3) is 3.39. The van der Waals surface area contributed by atoms with Crippen LogP contribution in [0.5, 0.6) is 5.75 Å². The second-order valence-corrected chi connectivity index (χ2v) is 7.91. The van der Waals surface area contributed by atoms with Crippen LogP contribution in [0.2, 0.25) is 0 Å². The normalized spacial score (nSPS) is 22.1. The van der Waals surface area contributed by atoms with E-state index in [1.807, 2.05) is 31.1 Å². The van der Waals surface area contributed by atoms with Crippen LogP contribution in [0.4, 0.5) is 5.95 Å². The molecule has 2 aliphatic rings. The summed E-state index contributed by atoms with van der Waals surface area (Å²) in [6, 6.07) is 8.34. The van der Waals surface area contributed by atoms with Gasteiger partial charge in [0.05, 0.1) is 31.4 Å². The summed E-state index contributed by atoms with van der Waals surface area (Å²) >= 11 is 0. The molecule has 1 atom stereocenters. The number of aryl methyl sites for hydroxylation is 1. The number of hydrogen-bond donors (Lipinski definition) is 0. The Morgan fingerprint density at radius 3 is 2.70 bits per heavy atom. The highest BCUT2D eigenvalue weighted by atomic mass is 16.5. The Morgan fingerprint density at radius 1 is 1.22 bits per heavy atom. The van der Waals surface area contributed by atoms with Crippen molar-refractivity contribution in [2.45, 2.75) is 31.9 Å². The fourth-order valence-electron chi connectivity index (χ4n) is 4.20. The van der Waals surface area contributed by atoms with Gasteiger partial charge in [0.2, 0.25) is 5.95 Å². The second-order valence-electron chi connectivity index (χ2n) is 7.91. The van der Waals surface area contributed by atoms with Gasteiger partial charge in [-0.2, -0.15) is 0 Å². The smallest absolute Gasteiger partial charge is 0.225 e. The lowest BCUT2D eigenvalue weighted by Gasteiger charge is -2.35. The maximum Gasteiger partial charge on any atom is 0.225 e. The Morgan fingerprint density at radius 2 is 2.00 bits per heavy atom. The van der Waals surface area contributed by atoms with E-state index in [0.29, 0.717) is 6.61 Å². The van der Waals surface area contributed by atoms with Crippen LogP contribution in [0.25, 0.3) is 0 Å². The van der Waals surface area contributed by atoms with Crippen LogP contribution in [0.1, 0.15) is 28.9 Å². The molecule has 0 amide bonds. The largest absolute Gasteiger partial charge is 0.497 e. The zero-order valence-electron chi connectivity index (χ0n) is 16.7. The van der Waals surface area contributed by atoms with E-state index in [1.54, 1.807) is 7.11 Å². The number of hydrogen-bond acceptors (Lipinski definition) is 6. The Balaban J connectivity index is 1.58. The lowest BCUT2D eigenvalue weighted by molar-refractivity contribution is 0.0498. The minimum Gasteiger partial charge on any atom is -0.497 e. The minimum atomic E-state index is -0.0293. The van der Waals surface area contributed by atoms with Crippen LogP contribution in [0, 0.1) is 6.92 Å². The van der Waals surface area contributed by atoms with E-state index < -0.39 is 0 Å². The van der Waals surface area contributed by atoms with Crippen molar-refractivity contribution < 1.29 is 9.47 Å². The topological polar surface area (TPSA) is 50.7 Å². The summed E-state index contributed by atoms with van der Waals surface area (Å²) < 4.78 is 11.3. The molecule has 1 spiro atoms. The van der Waals surface area contributed by atoms with E-state index in [4.69, 9.17) is 14.5 Å². The van der Waals surface area contributed by atoms with E-state index >= 15 is 0 Å². The molecule has 0 unspecified atom stereocenters. The molecule has 0 saturated carbocycles. The molecule has 0 radical (unpaired) electrons. The van der Waals surface area contributed by atoms with Gasteiger partial charge in [0.25, 0.3) is 0 Å². The molecule has 6 nitrogen and oxygen atoms in total. The quantitative estimate of drug-likeness (QED) is 0.827. The summed E-state index contributed by atoms with van der Waals surface area (Å²) in [5.74, 6) is 1.69. The fourth-order valence-corrected chi connectivity index (χ4v) is 4.20. The number of nitrogens with zero attached hydrogens (tertiary/aromatic N) is 4.